The van der Waals surface area contributed by atoms with Gasteiger partial charge >= 0.3 is 6.03 Å². The highest BCUT2D eigenvalue weighted by atomic mass is 32.2. The van der Waals surface area contributed by atoms with Crippen LogP contribution in [0.25, 0.3) is 0 Å². The van der Waals surface area contributed by atoms with Crippen molar-refractivity contribution in [3.05, 3.63) is 63.7 Å². The van der Waals surface area contributed by atoms with E-state index in [2.05, 4.69) is 10.6 Å². The van der Waals surface area contributed by atoms with Crippen LogP contribution in [0, 0.1) is 17.0 Å². The quantitative estimate of drug-likeness (QED) is 0.522. The Balaban J connectivity index is 2.23. The van der Waals surface area contributed by atoms with Crippen molar-refractivity contribution < 1.29 is 22.9 Å². The Kier molecular flexibility index (Phi) is 5.75. The molecule has 0 radical (unpaired) electrons. The summed E-state index contributed by atoms with van der Waals surface area (Å²) in [5, 5.41) is 15.8. The van der Waals surface area contributed by atoms with Crippen LogP contribution in [0.5, 0.6) is 0 Å². The lowest BCUT2D eigenvalue weighted by Crippen LogP contribution is -2.31. The van der Waals surface area contributed by atoms with E-state index in [1.54, 1.807) is 0 Å². The van der Waals surface area contributed by atoms with E-state index in [-0.39, 0.29) is 21.7 Å². The number of nitrogens with zero attached hydrogens (tertiary/aromatic N) is 1. The third-order valence-electron chi connectivity index (χ3n) is 3.62. The third kappa shape index (κ3) is 4.58. The molecule has 0 saturated heterocycles. The number of urea groups is 1. The van der Waals surface area contributed by atoms with Crippen LogP contribution >= 0.6 is 0 Å². The molecule has 2 aromatic carbocycles. The molecule has 0 bridgehead atoms. The minimum Gasteiger partial charge on any atom is -0.341 e. The lowest BCUT2D eigenvalue weighted by molar-refractivity contribution is -0.385. The SMILES string of the molecule is CNC(=O)Nc1ccc(S(=O)(=O)NC(=O)c2cccc([N+](=O)[O-])c2C)cc1. The molecule has 11 heteroatoms. The average molecular weight is 392 g/mol. The number of rotatable bonds is 5. The van der Waals surface area contributed by atoms with Crippen molar-refractivity contribution in [3.63, 3.8) is 0 Å². The lowest BCUT2D eigenvalue weighted by atomic mass is 10.1. The van der Waals surface area contributed by atoms with Gasteiger partial charge in [0.25, 0.3) is 21.6 Å². The first kappa shape index (κ1) is 19.8. The van der Waals surface area contributed by atoms with Gasteiger partial charge in [0.15, 0.2) is 0 Å². The Morgan fingerprint density at radius 3 is 2.26 bits per heavy atom. The summed E-state index contributed by atoms with van der Waals surface area (Å²) < 4.78 is 26.6. The molecule has 0 aliphatic rings. The highest BCUT2D eigenvalue weighted by Gasteiger charge is 2.23. The normalized spacial score (nSPS) is 10.7. The monoisotopic (exact) mass is 392 g/mol. The molecule has 3 amide bonds. The van der Waals surface area contributed by atoms with Gasteiger partial charge in [-0.05, 0) is 37.3 Å². The first-order chi connectivity index (χ1) is 12.7. The molecule has 27 heavy (non-hydrogen) atoms. The smallest absolute Gasteiger partial charge is 0.318 e. The summed E-state index contributed by atoms with van der Waals surface area (Å²) in [5.41, 5.74) is 0.00448. The number of carbonyl (C=O) groups excluding carboxylic acids is 2. The molecule has 0 atom stereocenters. The molecule has 0 fully saturated rings. The highest BCUT2D eigenvalue weighted by molar-refractivity contribution is 7.90. The van der Waals surface area contributed by atoms with Crippen molar-refractivity contribution in [1.82, 2.24) is 10.0 Å². The van der Waals surface area contributed by atoms with Crippen molar-refractivity contribution in [2.75, 3.05) is 12.4 Å². The van der Waals surface area contributed by atoms with E-state index in [0.717, 1.165) is 0 Å². The fourth-order valence-corrected chi connectivity index (χ4v) is 3.18. The third-order valence-corrected chi connectivity index (χ3v) is 4.97. The number of hydrogen-bond donors (Lipinski definition) is 3. The number of nitrogens with one attached hydrogen (secondary N) is 3. The Hall–Kier alpha value is -3.47. The molecule has 3 N–H and O–H groups in total. The number of benzene rings is 2. The van der Waals surface area contributed by atoms with Gasteiger partial charge < -0.3 is 10.6 Å². The lowest BCUT2D eigenvalue weighted by Gasteiger charge is -2.10. The number of nitro groups is 1. The first-order valence-corrected chi connectivity index (χ1v) is 9.04. The van der Waals surface area contributed by atoms with E-state index in [1.165, 1.54) is 56.4 Å². The summed E-state index contributed by atoms with van der Waals surface area (Å²) in [6.45, 7) is 1.36. The maximum atomic E-state index is 12.4. The zero-order chi connectivity index (χ0) is 20.2. The summed E-state index contributed by atoms with van der Waals surface area (Å²) in [7, 11) is -2.78. The average Bonchev–Trinajstić information content (AvgIpc) is 2.61. The van der Waals surface area contributed by atoms with E-state index in [9.17, 15) is 28.1 Å². The van der Waals surface area contributed by atoms with Crippen LogP contribution in [0.15, 0.2) is 47.4 Å². The van der Waals surface area contributed by atoms with E-state index in [1.807, 2.05) is 4.72 Å². The van der Waals surface area contributed by atoms with Crippen LogP contribution in [-0.4, -0.2) is 32.3 Å². The molecule has 0 aromatic heterocycles. The molecule has 10 nitrogen and oxygen atoms in total. The molecule has 0 unspecified atom stereocenters. The second-order valence-electron chi connectivity index (χ2n) is 5.37. The molecule has 142 valence electrons. The molecular formula is C16H16N4O6S. The molecule has 0 heterocycles. The number of anilines is 1. The summed E-state index contributed by atoms with van der Waals surface area (Å²) in [6, 6.07) is 8.47. The molecule has 0 saturated carbocycles. The maximum Gasteiger partial charge on any atom is 0.318 e. The van der Waals surface area contributed by atoms with Crippen LogP contribution < -0.4 is 15.4 Å². The number of sulfonamides is 1. The second-order valence-corrected chi connectivity index (χ2v) is 7.05. The summed E-state index contributed by atoms with van der Waals surface area (Å²) in [4.78, 5) is 33.6. The molecular weight excluding hydrogens is 376 g/mol. The van der Waals surface area contributed by atoms with Crippen molar-refractivity contribution >= 4 is 33.3 Å². The first-order valence-electron chi connectivity index (χ1n) is 7.55. The maximum absolute atomic E-state index is 12.4. The summed E-state index contributed by atoms with van der Waals surface area (Å²) in [5.74, 6) is -0.983. The fourth-order valence-electron chi connectivity index (χ4n) is 2.21. The highest BCUT2D eigenvalue weighted by Crippen LogP contribution is 2.22. The van der Waals surface area contributed by atoms with E-state index >= 15 is 0 Å². The molecule has 0 spiro atoms. The minimum atomic E-state index is -4.21. The Bertz CT molecular complexity index is 1000. The zero-order valence-electron chi connectivity index (χ0n) is 14.3. The number of amides is 3. The molecule has 0 aliphatic heterocycles. The van der Waals surface area contributed by atoms with Gasteiger partial charge in [-0.25, -0.2) is 17.9 Å². The van der Waals surface area contributed by atoms with Crippen molar-refractivity contribution in [1.29, 1.82) is 0 Å². The van der Waals surface area contributed by atoms with Gasteiger partial charge in [0.2, 0.25) is 0 Å². The van der Waals surface area contributed by atoms with Crippen LogP contribution in [0.3, 0.4) is 0 Å². The minimum absolute atomic E-state index is 0.0559. The standard InChI is InChI=1S/C16H16N4O6S/c1-10-13(4-3-5-14(10)20(23)24)15(21)19-27(25,26)12-8-6-11(7-9-12)18-16(22)17-2/h3-9H,1-2H3,(H,19,21)(H2,17,18,22). The van der Waals surface area contributed by atoms with E-state index < -0.39 is 26.9 Å². The summed E-state index contributed by atoms with van der Waals surface area (Å²) in [6.07, 6.45) is 0. The van der Waals surface area contributed by atoms with Crippen molar-refractivity contribution in [2.24, 2.45) is 0 Å². The Labute approximate surface area is 154 Å². The zero-order valence-corrected chi connectivity index (χ0v) is 15.2. The topological polar surface area (TPSA) is 148 Å². The second kappa shape index (κ2) is 7.83. The van der Waals surface area contributed by atoms with Gasteiger partial charge in [0, 0.05) is 24.4 Å². The molecule has 2 rings (SSSR count). The van der Waals surface area contributed by atoms with E-state index in [4.69, 9.17) is 0 Å². The fraction of sp³-hybridized carbons (Fsp3) is 0.125. The molecule has 0 aliphatic carbocycles. The van der Waals surface area contributed by atoms with E-state index in [0.29, 0.717) is 5.69 Å². The molecule has 2 aromatic rings. The van der Waals surface area contributed by atoms with Crippen LogP contribution in [-0.2, 0) is 10.0 Å². The van der Waals surface area contributed by atoms with Gasteiger partial charge in [-0.15, -0.1) is 0 Å². The largest absolute Gasteiger partial charge is 0.341 e. The predicted molar refractivity (Wildman–Crippen MR) is 97.0 cm³/mol. The number of hydrogen-bond acceptors (Lipinski definition) is 6. The van der Waals surface area contributed by atoms with Gasteiger partial charge in [-0.3, -0.25) is 14.9 Å². The van der Waals surface area contributed by atoms with Crippen LogP contribution in [0.2, 0.25) is 0 Å². The Morgan fingerprint density at radius 2 is 1.70 bits per heavy atom. The van der Waals surface area contributed by atoms with Crippen molar-refractivity contribution in [2.45, 2.75) is 11.8 Å². The van der Waals surface area contributed by atoms with Crippen LogP contribution in [0.4, 0.5) is 16.2 Å². The van der Waals surface area contributed by atoms with Gasteiger partial charge in [0.05, 0.1) is 15.4 Å². The summed E-state index contributed by atoms with van der Waals surface area (Å²) >= 11 is 0. The number of carbonyl (C=O) groups is 2. The number of nitro benzene ring substituents is 1. The van der Waals surface area contributed by atoms with Gasteiger partial charge in [-0.2, -0.15) is 0 Å². The predicted octanol–water partition coefficient (Wildman–Crippen LogP) is 1.77. The van der Waals surface area contributed by atoms with Gasteiger partial charge in [-0.1, -0.05) is 6.07 Å². The van der Waals surface area contributed by atoms with Gasteiger partial charge in [0.1, 0.15) is 0 Å². The van der Waals surface area contributed by atoms with Crippen LogP contribution in [0.1, 0.15) is 15.9 Å². The van der Waals surface area contributed by atoms with Crippen molar-refractivity contribution in [3.8, 4) is 0 Å². The Morgan fingerprint density at radius 1 is 1.07 bits per heavy atom.